The van der Waals surface area contributed by atoms with Crippen LogP contribution >= 0.6 is 11.6 Å². The Labute approximate surface area is 82.0 Å². The van der Waals surface area contributed by atoms with Crippen LogP contribution in [0.4, 0.5) is 0 Å². The summed E-state index contributed by atoms with van der Waals surface area (Å²) in [5.74, 6) is -0.100. The second kappa shape index (κ2) is 4.04. The van der Waals surface area contributed by atoms with Crippen LogP contribution in [0.5, 0.6) is 0 Å². The van der Waals surface area contributed by atoms with E-state index in [1.54, 1.807) is 6.07 Å². The molecule has 1 aromatic heterocycles. The fraction of sp³-hybridized carbons (Fsp3) is 0.286. The normalized spacial score (nSPS) is 11.5. The molecule has 1 N–H and O–H groups in total. The molecule has 0 aromatic carbocycles. The minimum atomic E-state index is -3.24. The topological polar surface area (TPSA) is 59.1 Å². The van der Waals surface area contributed by atoms with Gasteiger partial charge in [-0.2, -0.15) is 0 Å². The molecule has 0 radical (unpaired) electrons. The van der Waals surface area contributed by atoms with E-state index in [0.717, 1.165) is 0 Å². The average molecular weight is 221 g/mol. The smallest absolute Gasteiger partial charge is 0.215 e. The second-order valence-electron chi connectivity index (χ2n) is 2.47. The van der Waals surface area contributed by atoms with Crippen molar-refractivity contribution in [3.05, 3.63) is 29.0 Å². The van der Waals surface area contributed by atoms with Gasteiger partial charge in [-0.25, -0.2) is 13.1 Å². The van der Waals surface area contributed by atoms with Gasteiger partial charge in [-0.15, -0.1) is 0 Å². The Morgan fingerprint density at radius 3 is 2.77 bits per heavy atom. The molecule has 1 heterocycles. The predicted molar refractivity (Wildman–Crippen MR) is 50.9 cm³/mol. The van der Waals surface area contributed by atoms with Crippen LogP contribution in [0.1, 0.15) is 5.56 Å². The largest absolute Gasteiger partial charge is 0.263 e. The Morgan fingerprint density at radius 1 is 1.54 bits per heavy atom. The zero-order valence-corrected chi connectivity index (χ0v) is 8.56. The van der Waals surface area contributed by atoms with E-state index in [1.165, 1.54) is 19.4 Å². The molecule has 0 atom stereocenters. The van der Waals surface area contributed by atoms with Gasteiger partial charge < -0.3 is 0 Å². The van der Waals surface area contributed by atoms with Crippen LogP contribution in [0.2, 0.25) is 5.02 Å². The van der Waals surface area contributed by atoms with Gasteiger partial charge in [-0.1, -0.05) is 11.6 Å². The van der Waals surface area contributed by atoms with Gasteiger partial charge in [0, 0.05) is 12.4 Å². The van der Waals surface area contributed by atoms with Crippen LogP contribution in [0.3, 0.4) is 0 Å². The first-order valence-corrected chi connectivity index (χ1v) is 5.57. The molecule has 0 fully saturated rings. The zero-order valence-electron chi connectivity index (χ0n) is 6.99. The van der Waals surface area contributed by atoms with E-state index in [4.69, 9.17) is 11.6 Å². The molecule has 0 aliphatic rings. The molecule has 13 heavy (non-hydrogen) atoms. The van der Waals surface area contributed by atoms with Crippen LogP contribution in [0, 0.1) is 0 Å². The molecule has 0 saturated carbocycles. The van der Waals surface area contributed by atoms with Crippen molar-refractivity contribution in [2.75, 3.05) is 7.05 Å². The molecule has 0 aliphatic heterocycles. The van der Waals surface area contributed by atoms with E-state index in [0.29, 0.717) is 10.6 Å². The average Bonchev–Trinajstić information content (AvgIpc) is 2.03. The maximum absolute atomic E-state index is 11.1. The van der Waals surface area contributed by atoms with E-state index in [-0.39, 0.29) is 5.75 Å². The molecular formula is C7H9ClN2O2S. The van der Waals surface area contributed by atoms with Crippen molar-refractivity contribution in [2.24, 2.45) is 0 Å². The number of hydrogen-bond donors (Lipinski definition) is 1. The van der Waals surface area contributed by atoms with E-state index in [2.05, 4.69) is 9.71 Å². The second-order valence-corrected chi connectivity index (χ2v) is 4.84. The van der Waals surface area contributed by atoms with Gasteiger partial charge in [0.05, 0.1) is 10.8 Å². The summed E-state index contributed by atoms with van der Waals surface area (Å²) < 4.78 is 24.4. The Kier molecular flexibility index (Phi) is 3.24. The number of halogens is 1. The number of pyridine rings is 1. The van der Waals surface area contributed by atoms with Gasteiger partial charge in [0.15, 0.2) is 0 Å². The Morgan fingerprint density at radius 2 is 2.23 bits per heavy atom. The summed E-state index contributed by atoms with van der Waals surface area (Å²) in [7, 11) is -1.87. The molecule has 1 rings (SSSR count). The van der Waals surface area contributed by atoms with Crippen LogP contribution in [-0.2, 0) is 15.8 Å². The van der Waals surface area contributed by atoms with Crippen molar-refractivity contribution in [2.45, 2.75) is 5.75 Å². The number of nitrogens with zero attached hydrogens (tertiary/aromatic N) is 1. The highest BCUT2D eigenvalue weighted by molar-refractivity contribution is 7.88. The summed E-state index contributed by atoms with van der Waals surface area (Å²) in [6.45, 7) is 0. The fourth-order valence-electron chi connectivity index (χ4n) is 0.826. The summed E-state index contributed by atoms with van der Waals surface area (Å²) in [5, 5.41) is 0.434. The maximum atomic E-state index is 11.1. The molecule has 0 amide bonds. The molecule has 1 aromatic rings. The van der Waals surface area contributed by atoms with Crippen LogP contribution in [0.15, 0.2) is 18.5 Å². The van der Waals surface area contributed by atoms with Crippen molar-refractivity contribution in [3.8, 4) is 0 Å². The molecule has 0 saturated heterocycles. The highest BCUT2D eigenvalue weighted by Crippen LogP contribution is 2.10. The van der Waals surface area contributed by atoms with Crippen molar-refractivity contribution >= 4 is 21.6 Å². The minimum Gasteiger partial charge on any atom is -0.263 e. The van der Waals surface area contributed by atoms with E-state index < -0.39 is 10.0 Å². The summed E-state index contributed by atoms with van der Waals surface area (Å²) in [6.07, 6.45) is 2.93. The van der Waals surface area contributed by atoms with Crippen molar-refractivity contribution in [1.29, 1.82) is 0 Å². The van der Waals surface area contributed by atoms with Crippen molar-refractivity contribution in [1.82, 2.24) is 9.71 Å². The first-order chi connectivity index (χ1) is 6.03. The lowest BCUT2D eigenvalue weighted by Gasteiger charge is -2.01. The molecular weight excluding hydrogens is 212 g/mol. The summed E-state index contributed by atoms with van der Waals surface area (Å²) >= 11 is 5.64. The Balaban J connectivity index is 2.87. The number of hydrogen-bond acceptors (Lipinski definition) is 3. The molecule has 4 nitrogen and oxygen atoms in total. The summed E-state index contributed by atoms with van der Waals surface area (Å²) in [6, 6.07) is 1.57. The SMILES string of the molecule is CNS(=O)(=O)Cc1cncc(Cl)c1. The van der Waals surface area contributed by atoms with Gasteiger partial charge in [0.25, 0.3) is 0 Å². The highest BCUT2D eigenvalue weighted by atomic mass is 35.5. The molecule has 0 bridgehead atoms. The lowest BCUT2D eigenvalue weighted by atomic mass is 10.3. The number of nitrogens with one attached hydrogen (secondary N) is 1. The third kappa shape index (κ3) is 3.30. The van der Waals surface area contributed by atoms with Gasteiger partial charge in [0.2, 0.25) is 10.0 Å². The third-order valence-electron chi connectivity index (χ3n) is 1.43. The first kappa shape index (κ1) is 10.4. The monoisotopic (exact) mass is 220 g/mol. The lowest BCUT2D eigenvalue weighted by Crippen LogP contribution is -2.20. The van der Waals surface area contributed by atoms with E-state index >= 15 is 0 Å². The first-order valence-electron chi connectivity index (χ1n) is 3.54. The number of aromatic nitrogens is 1. The lowest BCUT2D eigenvalue weighted by molar-refractivity contribution is 0.587. The molecule has 72 valence electrons. The molecule has 6 heteroatoms. The minimum absolute atomic E-state index is 0.100. The van der Waals surface area contributed by atoms with E-state index in [1.807, 2.05) is 0 Å². The molecule has 0 aliphatic carbocycles. The van der Waals surface area contributed by atoms with Crippen LogP contribution < -0.4 is 4.72 Å². The van der Waals surface area contributed by atoms with Gasteiger partial charge in [0.1, 0.15) is 0 Å². The molecule has 0 spiro atoms. The predicted octanol–water partition coefficient (Wildman–Crippen LogP) is 0.784. The third-order valence-corrected chi connectivity index (χ3v) is 2.97. The fourth-order valence-corrected chi connectivity index (χ4v) is 1.76. The van der Waals surface area contributed by atoms with Crippen molar-refractivity contribution < 1.29 is 8.42 Å². The highest BCUT2D eigenvalue weighted by Gasteiger charge is 2.08. The summed E-state index contributed by atoms with van der Waals surface area (Å²) in [4.78, 5) is 3.78. The van der Waals surface area contributed by atoms with Gasteiger partial charge in [-0.3, -0.25) is 4.98 Å². The maximum Gasteiger partial charge on any atom is 0.215 e. The van der Waals surface area contributed by atoms with E-state index in [9.17, 15) is 8.42 Å². The quantitative estimate of drug-likeness (QED) is 0.819. The standard InChI is InChI=1S/C7H9ClN2O2S/c1-9-13(11,12)5-6-2-7(8)4-10-3-6/h2-4,9H,5H2,1H3. The van der Waals surface area contributed by atoms with Gasteiger partial charge in [-0.05, 0) is 18.7 Å². The van der Waals surface area contributed by atoms with Crippen LogP contribution in [0.25, 0.3) is 0 Å². The van der Waals surface area contributed by atoms with Crippen LogP contribution in [-0.4, -0.2) is 20.4 Å². The summed E-state index contributed by atoms with van der Waals surface area (Å²) in [5.41, 5.74) is 0.571. The zero-order chi connectivity index (χ0) is 9.90. The Bertz CT molecular complexity index is 391. The number of sulfonamides is 1. The Hall–Kier alpha value is -0.650. The van der Waals surface area contributed by atoms with Crippen molar-refractivity contribution in [3.63, 3.8) is 0 Å². The molecule has 0 unspecified atom stereocenters. The van der Waals surface area contributed by atoms with Gasteiger partial charge >= 0.3 is 0 Å². The number of rotatable bonds is 3.